The molecule has 1 aliphatic carbocycles. The molecule has 1 heterocycles. The van der Waals surface area contributed by atoms with Crippen LogP contribution in [0.15, 0.2) is 48.1 Å². The van der Waals surface area contributed by atoms with Gasteiger partial charge in [-0.1, -0.05) is 54.1 Å². The van der Waals surface area contributed by atoms with Crippen molar-refractivity contribution in [3.8, 4) is 0 Å². The van der Waals surface area contributed by atoms with Crippen LogP contribution in [-0.4, -0.2) is 11.8 Å². The summed E-state index contributed by atoms with van der Waals surface area (Å²) in [4.78, 5) is 23.4. The van der Waals surface area contributed by atoms with Crippen LogP contribution in [0.1, 0.15) is 12.0 Å². The van der Waals surface area contributed by atoms with Gasteiger partial charge in [0.1, 0.15) is 0 Å². The fourth-order valence-corrected chi connectivity index (χ4v) is 2.58. The molecule has 2 atom stereocenters. The van der Waals surface area contributed by atoms with Crippen molar-refractivity contribution in [1.29, 1.82) is 0 Å². The number of hydrogen-bond donors (Lipinski definition) is 1. The van der Waals surface area contributed by atoms with Crippen molar-refractivity contribution in [2.45, 2.75) is 6.42 Å². The van der Waals surface area contributed by atoms with Crippen molar-refractivity contribution in [2.24, 2.45) is 11.8 Å². The summed E-state index contributed by atoms with van der Waals surface area (Å²) in [6.07, 6.45) is 6.55. The number of hydrogen-bond acceptors (Lipinski definition) is 2. The van der Waals surface area contributed by atoms with Gasteiger partial charge >= 0.3 is 0 Å². The predicted octanol–water partition coefficient (Wildman–Crippen LogP) is 1.92. The van der Waals surface area contributed by atoms with E-state index in [9.17, 15) is 9.59 Å². The van der Waals surface area contributed by atoms with Crippen LogP contribution < -0.4 is 5.32 Å². The highest BCUT2D eigenvalue weighted by atomic mass is 16.2. The molecule has 1 fully saturated rings. The highest BCUT2D eigenvalue weighted by Crippen LogP contribution is 2.34. The fraction of sp³-hybridized carbons (Fsp3) is 0.200. The van der Waals surface area contributed by atoms with Gasteiger partial charge < -0.3 is 0 Å². The first-order chi connectivity index (χ1) is 8.75. The lowest BCUT2D eigenvalue weighted by Crippen LogP contribution is -2.22. The number of carbonyl (C=O) groups is 2. The quantitative estimate of drug-likeness (QED) is 0.601. The summed E-state index contributed by atoms with van der Waals surface area (Å²) >= 11 is 0. The molecule has 3 heteroatoms. The van der Waals surface area contributed by atoms with Crippen molar-refractivity contribution in [1.82, 2.24) is 5.32 Å². The Kier molecular flexibility index (Phi) is 2.59. The molecule has 18 heavy (non-hydrogen) atoms. The topological polar surface area (TPSA) is 46.2 Å². The van der Waals surface area contributed by atoms with Crippen LogP contribution in [0, 0.1) is 11.8 Å². The molecule has 0 aromatic heterocycles. The Labute approximate surface area is 105 Å². The van der Waals surface area contributed by atoms with Gasteiger partial charge in [0.05, 0.1) is 11.8 Å². The van der Waals surface area contributed by atoms with E-state index in [2.05, 4.69) is 5.32 Å². The summed E-state index contributed by atoms with van der Waals surface area (Å²) in [6.45, 7) is 0. The first-order valence-electron chi connectivity index (χ1n) is 6.02. The van der Waals surface area contributed by atoms with E-state index in [0.29, 0.717) is 0 Å². The van der Waals surface area contributed by atoms with Gasteiger partial charge in [-0.25, -0.2) is 0 Å². The minimum absolute atomic E-state index is 0.170. The largest absolute Gasteiger partial charge is 0.295 e. The van der Waals surface area contributed by atoms with E-state index in [-0.39, 0.29) is 23.7 Å². The molecule has 2 unspecified atom stereocenters. The first kappa shape index (κ1) is 11.0. The number of carbonyl (C=O) groups excluding carboxylic acids is 2. The van der Waals surface area contributed by atoms with E-state index >= 15 is 0 Å². The normalized spacial score (nSPS) is 28.3. The Hall–Kier alpha value is -2.16. The summed E-state index contributed by atoms with van der Waals surface area (Å²) in [5.41, 5.74) is 2.07. The van der Waals surface area contributed by atoms with Gasteiger partial charge in [0, 0.05) is 0 Å². The zero-order chi connectivity index (χ0) is 12.5. The van der Waals surface area contributed by atoms with Crippen LogP contribution in [0.3, 0.4) is 0 Å². The van der Waals surface area contributed by atoms with E-state index in [1.807, 2.05) is 48.6 Å². The molecule has 1 aromatic carbocycles. The summed E-state index contributed by atoms with van der Waals surface area (Å²) in [7, 11) is 0. The van der Waals surface area contributed by atoms with Crippen molar-refractivity contribution < 1.29 is 9.59 Å². The molecular weight excluding hydrogens is 226 g/mol. The first-order valence-corrected chi connectivity index (χ1v) is 6.02. The summed E-state index contributed by atoms with van der Waals surface area (Å²) in [6, 6.07) is 9.87. The molecule has 3 nitrogen and oxygen atoms in total. The van der Waals surface area contributed by atoms with Crippen LogP contribution in [-0.2, 0) is 9.59 Å². The molecule has 0 spiro atoms. The molecule has 90 valence electrons. The molecular formula is C15H13NO2. The maximum Gasteiger partial charge on any atom is 0.234 e. The van der Waals surface area contributed by atoms with E-state index in [1.54, 1.807) is 0 Å². The minimum Gasteiger partial charge on any atom is -0.295 e. The summed E-state index contributed by atoms with van der Waals surface area (Å²) in [5, 5.41) is 2.40. The van der Waals surface area contributed by atoms with E-state index in [1.165, 1.54) is 0 Å². The fourth-order valence-electron chi connectivity index (χ4n) is 2.58. The number of allylic oxidation sites excluding steroid dienone is 1. The number of nitrogens with one attached hydrogen (secondary N) is 1. The van der Waals surface area contributed by atoms with Crippen LogP contribution in [0.5, 0.6) is 0 Å². The minimum atomic E-state index is -0.318. The molecule has 0 bridgehead atoms. The molecule has 2 amide bonds. The van der Waals surface area contributed by atoms with Crippen LogP contribution in [0.2, 0.25) is 0 Å². The Morgan fingerprint density at radius 1 is 1.11 bits per heavy atom. The summed E-state index contributed by atoms with van der Waals surface area (Å²) in [5.74, 6) is -0.986. The van der Waals surface area contributed by atoms with E-state index in [0.717, 1.165) is 17.6 Å². The van der Waals surface area contributed by atoms with Crippen molar-refractivity contribution in [3.05, 3.63) is 53.6 Å². The number of benzene rings is 1. The molecule has 0 radical (unpaired) electrons. The van der Waals surface area contributed by atoms with Crippen molar-refractivity contribution in [3.63, 3.8) is 0 Å². The second-order valence-electron chi connectivity index (χ2n) is 4.62. The van der Waals surface area contributed by atoms with Crippen molar-refractivity contribution in [2.75, 3.05) is 0 Å². The molecule has 0 saturated carbocycles. The zero-order valence-corrected chi connectivity index (χ0v) is 9.80. The van der Waals surface area contributed by atoms with Crippen molar-refractivity contribution >= 4 is 17.9 Å². The third-order valence-corrected chi connectivity index (χ3v) is 3.44. The maximum atomic E-state index is 11.8. The van der Waals surface area contributed by atoms with Gasteiger partial charge in [0.25, 0.3) is 0 Å². The highest BCUT2D eigenvalue weighted by molar-refractivity contribution is 6.08. The van der Waals surface area contributed by atoms with Gasteiger partial charge in [-0.2, -0.15) is 0 Å². The Morgan fingerprint density at radius 2 is 1.89 bits per heavy atom. The Bertz CT molecular complexity index is 557. The van der Waals surface area contributed by atoms with E-state index < -0.39 is 0 Å². The third kappa shape index (κ3) is 1.78. The number of amides is 2. The molecule has 2 aliphatic rings. The monoisotopic (exact) mass is 239 g/mol. The average Bonchev–Trinajstić information content (AvgIpc) is 2.67. The predicted molar refractivity (Wildman–Crippen MR) is 68.3 cm³/mol. The lowest BCUT2D eigenvalue weighted by molar-refractivity contribution is -0.125. The smallest absolute Gasteiger partial charge is 0.234 e. The highest BCUT2D eigenvalue weighted by Gasteiger charge is 2.43. The van der Waals surface area contributed by atoms with Gasteiger partial charge in [-0.15, -0.1) is 0 Å². The Morgan fingerprint density at radius 3 is 2.67 bits per heavy atom. The van der Waals surface area contributed by atoms with Crippen LogP contribution >= 0.6 is 0 Å². The van der Waals surface area contributed by atoms with Gasteiger partial charge in [-0.05, 0) is 12.0 Å². The maximum absolute atomic E-state index is 11.8. The lowest BCUT2D eigenvalue weighted by atomic mass is 9.81. The molecule has 1 saturated heterocycles. The third-order valence-electron chi connectivity index (χ3n) is 3.44. The number of rotatable bonds is 1. The molecule has 1 aromatic rings. The number of imide groups is 1. The molecule has 1 N–H and O–H groups in total. The van der Waals surface area contributed by atoms with E-state index in [4.69, 9.17) is 0 Å². The van der Waals surface area contributed by atoms with Gasteiger partial charge in [0.15, 0.2) is 0 Å². The van der Waals surface area contributed by atoms with Gasteiger partial charge in [-0.3, -0.25) is 14.9 Å². The second-order valence-corrected chi connectivity index (χ2v) is 4.62. The van der Waals surface area contributed by atoms with Gasteiger partial charge in [0.2, 0.25) is 11.8 Å². The number of fused-ring (bicyclic) bond motifs is 1. The SMILES string of the molecule is O=C1NC(=O)C2C(=Cc3ccccc3)CC=CC12. The Balaban J connectivity index is 1.98. The van der Waals surface area contributed by atoms with Crippen LogP contribution in [0.25, 0.3) is 6.08 Å². The zero-order valence-electron chi connectivity index (χ0n) is 9.80. The second kappa shape index (κ2) is 4.26. The lowest BCUT2D eigenvalue weighted by Gasteiger charge is -2.19. The summed E-state index contributed by atoms with van der Waals surface area (Å²) < 4.78 is 0. The molecule has 3 rings (SSSR count). The van der Waals surface area contributed by atoms with Crippen LogP contribution in [0.4, 0.5) is 0 Å². The molecule has 1 aliphatic heterocycles. The standard InChI is InChI=1S/C15H13NO2/c17-14-12-8-4-7-11(13(12)15(18)16-14)9-10-5-2-1-3-6-10/h1-6,8-9,12-13H,7H2,(H,16,17,18). The average molecular weight is 239 g/mol.